The Morgan fingerprint density at radius 2 is 1.53 bits per heavy atom. The van der Waals surface area contributed by atoms with Crippen LogP contribution in [0.5, 0.6) is 0 Å². The van der Waals surface area contributed by atoms with Crippen LogP contribution in [0.1, 0.15) is 46.1 Å². The molecule has 2 atom stereocenters. The molecule has 2 aromatic carbocycles. The lowest BCUT2D eigenvalue weighted by atomic mass is 9.98. The molecule has 0 aliphatic carbocycles. The van der Waals surface area contributed by atoms with Crippen molar-refractivity contribution in [1.29, 1.82) is 0 Å². The third-order valence-electron chi connectivity index (χ3n) is 9.24. The zero-order valence-corrected chi connectivity index (χ0v) is 25.8. The second-order valence-corrected chi connectivity index (χ2v) is 12.7. The molecular formula is C32H41F3N8. The first-order valence-corrected chi connectivity index (χ1v) is 15.2. The second-order valence-electron chi connectivity index (χ2n) is 12.7. The van der Waals surface area contributed by atoms with Gasteiger partial charge in [0.1, 0.15) is 0 Å². The van der Waals surface area contributed by atoms with Crippen LogP contribution in [0.4, 0.5) is 24.8 Å². The van der Waals surface area contributed by atoms with Crippen LogP contribution < -0.4 is 9.80 Å². The number of rotatable bonds is 5. The minimum atomic E-state index is -4.47. The molecular weight excluding hydrogens is 553 g/mol. The van der Waals surface area contributed by atoms with Crippen molar-refractivity contribution in [3.8, 4) is 11.1 Å². The van der Waals surface area contributed by atoms with E-state index in [1.165, 1.54) is 6.07 Å². The minimum absolute atomic E-state index is 0.253. The standard InChI is InChI=1S/C32H41F3N8/c1-20(2)42-21(3)18-41(19-22(42)4)31-38-37-30-17-36-27-9-7-24(16-29(27)43(30)31)23-8-10-28(26(15-23)32(33,34)35)40-13-11-25(12-14-40)39(5)6/h7-10,15-17,20-22,25H,11-14,18-19H2,1-6H3/t21-,22+. The van der Waals surface area contributed by atoms with Gasteiger partial charge in [-0.15, -0.1) is 10.2 Å². The molecule has 0 saturated carbocycles. The van der Waals surface area contributed by atoms with Gasteiger partial charge in [0.25, 0.3) is 0 Å². The number of benzene rings is 2. The molecule has 8 nitrogen and oxygen atoms in total. The molecule has 4 heterocycles. The van der Waals surface area contributed by atoms with E-state index in [1.807, 2.05) is 41.6 Å². The Labute approximate surface area is 251 Å². The lowest BCUT2D eigenvalue weighted by molar-refractivity contribution is -0.137. The number of piperazine rings is 1. The van der Waals surface area contributed by atoms with Gasteiger partial charge in [-0.1, -0.05) is 12.1 Å². The summed E-state index contributed by atoms with van der Waals surface area (Å²) < 4.78 is 45.3. The fourth-order valence-corrected chi connectivity index (χ4v) is 7.28. The molecule has 230 valence electrons. The molecule has 6 rings (SSSR count). The lowest BCUT2D eigenvalue weighted by Gasteiger charge is -2.46. The first-order chi connectivity index (χ1) is 20.4. The number of nitrogens with zero attached hydrogens (tertiary/aromatic N) is 8. The number of anilines is 2. The van der Waals surface area contributed by atoms with Crippen LogP contribution in [-0.2, 0) is 6.18 Å². The predicted molar refractivity (Wildman–Crippen MR) is 166 cm³/mol. The monoisotopic (exact) mass is 594 g/mol. The summed E-state index contributed by atoms with van der Waals surface area (Å²) >= 11 is 0. The van der Waals surface area contributed by atoms with E-state index in [2.05, 4.69) is 57.6 Å². The van der Waals surface area contributed by atoms with Crippen molar-refractivity contribution in [2.75, 3.05) is 50.1 Å². The molecule has 2 fully saturated rings. The highest BCUT2D eigenvalue weighted by molar-refractivity contribution is 5.85. The molecule has 2 saturated heterocycles. The van der Waals surface area contributed by atoms with Gasteiger partial charge in [0.15, 0.2) is 5.65 Å². The summed E-state index contributed by atoms with van der Waals surface area (Å²) in [6.45, 7) is 11.7. The SMILES string of the molecule is CC(C)N1[C@H](C)CN(c2nnc3cnc4ccc(-c5ccc(N6CCC(N(C)C)CC6)c(C(F)(F)F)c5)cc4n23)C[C@@H]1C. The third-order valence-corrected chi connectivity index (χ3v) is 9.24. The summed E-state index contributed by atoms with van der Waals surface area (Å²) in [5.74, 6) is 0.731. The van der Waals surface area contributed by atoms with Crippen LogP contribution in [0.15, 0.2) is 42.6 Å². The molecule has 0 amide bonds. The largest absolute Gasteiger partial charge is 0.418 e. The number of fused-ring (bicyclic) bond motifs is 3. The molecule has 0 radical (unpaired) electrons. The van der Waals surface area contributed by atoms with E-state index in [1.54, 1.807) is 18.3 Å². The molecule has 11 heteroatoms. The number of piperidine rings is 1. The van der Waals surface area contributed by atoms with Gasteiger partial charge in [0.2, 0.25) is 5.95 Å². The van der Waals surface area contributed by atoms with Crippen molar-refractivity contribution in [3.05, 3.63) is 48.2 Å². The van der Waals surface area contributed by atoms with Crippen LogP contribution in [-0.4, -0.2) is 93.8 Å². The zero-order chi connectivity index (χ0) is 30.6. The van der Waals surface area contributed by atoms with E-state index in [4.69, 9.17) is 0 Å². The van der Waals surface area contributed by atoms with Gasteiger partial charge in [-0.25, -0.2) is 0 Å². The normalized spacial score (nSPS) is 21.2. The summed E-state index contributed by atoms with van der Waals surface area (Å²) in [6, 6.07) is 11.8. The fraction of sp³-hybridized carbons (Fsp3) is 0.531. The fourth-order valence-electron chi connectivity index (χ4n) is 7.28. The Balaban J connectivity index is 1.38. The maximum atomic E-state index is 14.4. The van der Waals surface area contributed by atoms with E-state index < -0.39 is 11.7 Å². The van der Waals surface area contributed by atoms with E-state index >= 15 is 0 Å². The van der Waals surface area contributed by atoms with Gasteiger partial charge in [-0.2, -0.15) is 13.2 Å². The lowest BCUT2D eigenvalue weighted by Crippen LogP contribution is -2.59. The number of alkyl halides is 3. The predicted octanol–water partition coefficient (Wildman–Crippen LogP) is 5.80. The second kappa shape index (κ2) is 11.2. The summed E-state index contributed by atoms with van der Waals surface area (Å²) in [7, 11) is 4.06. The molecule has 2 aliphatic heterocycles. The average Bonchev–Trinajstić information content (AvgIpc) is 3.40. The van der Waals surface area contributed by atoms with Gasteiger partial charge in [0, 0.05) is 56.0 Å². The molecule has 4 aromatic rings. The van der Waals surface area contributed by atoms with Gasteiger partial charge in [-0.05, 0) is 90.0 Å². The maximum absolute atomic E-state index is 14.4. The van der Waals surface area contributed by atoms with Gasteiger partial charge in [-0.3, -0.25) is 14.3 Å². The first kappa shape index (κ1) is 29.6. The molecule has 0 unspecified atom stereocenters. The molecule has 0 bridgehead atoms. The van der Waals surface area contributed by atoms with E-state index in [9.17, 15) is 13.2 Å². The third kappa shape index (κ3) is 5.53. The van der Waals surface area contributed by atoms with Crippen molar-refractivity contribution in [3.63, 3.8) is 0 Å². The average molecular weight is 595 g/mol. The smallest absolute Gasteiger partial charge is 0.371 e. The Morgan fingerprint density at radius 3 is 2.16 bits per heavy atom. The first-order valence-electron chi connectivity index (χ1n) is 15.2. The maximum Gasteiger partial charge on any atom is 0.418 e. The van der Waals surface area contributed by atoms with Gasteiger partial charge in [0.05, 0.1) is 22.8 Å². The summed E-state index contributed by atoms with van der Waals surface area (Å²) in [5, 5.41) is 8.97. The van der Waals surface area contributed by atoms with Crippen LogP contribution in [0.25, 0.3) is 27.8 Å². The number of aromatic nitrogens is 4. The topological polar surface area (TPSA) is 56.0 Å². The van der Waals surface area contributed by atoms with Gasteiger partial charge >= 0.3 is 6.18 Å². The van der Waals surface area contributed by atoms with Gasteiger partial charge < -0.3 is 14.7 Å². The van der Waals surface area contributed by atoms with Crippen LogP contribution in [0.3, 0.4) is 0 Å². The summed E-state index contributed by atoms with van der Waals surface area (Å²) in [4.78, 5) is 13.4. The highest BCUT2D eigenvalue weighted by Gasteiger charge is 2.37. The molecule has 2 aromatic heterocycles. The van der Waals surface area contributed by atoms with Crippen molar-refractivity contribution in [2.45, 2.75) is 70.9 Å². The van der Waals surface area contributed by atoms with Crippen molar-refractivity contribution < 1.29 is 13.2 Å². The van der Waals surface area contributed by atoms with Crippen molar-refractivity contribution >= 4 is 28.3 Å². The van der Waals surface area contributed by atoms with Crippen LogP contribution in [0.2, 0.25) is 0 Å². The molecule has 43 heavy (non-hydrogen) atoms. The quantitative estimate of drug-likeness (QED) is 0.290. The van der Waals surface area contributed by atoms with E-state index in [-0.39, 0.29) is 5.69 Å². The minimum Gasteiger partial charge on any atom is -0.371 e. The van der Waals surface area contributed by atoms with Crippen molar-refractivity contribution in [2.24, 2.45) is 0 Å². The Hall–Kier alpha value is -3.44. The van der Waals surface area contributed by atoms with Crippen molar-refractivity contribution in [1.82, 2.24) is 29.4 Å². The highest BCUT2D eigenvalue weighted by Crippen LogP contribution is 2.40. The summed E-state index contributed by atoms with van der Waals surface area (Å²) in [6.07, 6.45) is -1.09. The number of hydrogen-bond donors (Lipinski definition) is 0. The molecule has 0 spiro atoms. The molecule has 2 aliphatic rings. The Morgan fingerprint density at radius 1 is 0.884 bits per heavy atom. The number of hydrogen-bond acceptors (Lipinski definition) is 7. The van der Waals surface area contributed by atoms with Crippen LogP contribution >= 0.6 is 0 Å². The Bertz CT molecular complexity index is 1590. The van der Waals surface area contributed by atoms with Crippen LogP contribution in [0, 0.1) is 0 Å². The molecule has 0 N–H and O–H groups in total. The zero-order valence-electron chi connectivity index (χ0n) is 25.8. The Kier molecular flexibility index (Phi) is 7.75. The van der Waals surface area contributed by atoms with E-state index in [0.29, 0.717) is 54.0 Å². The summed E-state index contributed by atoms with van der Waals surface area (Å²) in [5.41, 5.74) is 2.97. The highest BCUT2D eigenvalue weighted by atomic mass is 19.4. The van der Waals surface area contributed by atoms with E-state index in [0.717, 1.165) is 42.9 Å². The number of halogens is 3.